The van der Waals surface area contributed by atoms with E-state index in [4.69, 9.17) is 10.2 Å². The Kier molecular flexibility index (Phi) is 3.53. The van der Waals surface area contributed by atoms with Crippen molar-refractivity contribution >= 4 is 45.3 Å². The molecule has 2 aromatic carbocycles. The Morgan fingerprint density at radius 2 is 1.95 bits per heavy atom. The van der Waals surface area contributed by atoms with Crippen LogP contribution < -0.4 is 5.73 Å². The summed E-state index contributed by atoms with van der Waals surface area (Å²) in [5, 5.41) is 10.9. The molecule has 0 aliphatic carbocycles. The van der Waals surface area contributed by atoms with Crippen LogP contribution in [0.1, 0.15) is 10.4 Å². The predicted molar refractivity (Wildman–Crippen MR) is 87.3 cm³/mol. The van der Waals surface area contributed by atoms with E-state index >= 15 is 0 Å². The van der Waals surface area contributed by atoms with Crippen molar-refractivity contribution in [2.45, 2.75) is 0 Å². The molecule has 0 atom stereocenters. The molecule has 110 valence electrons. The summed E-state index contributed by atoms with van der Waals surface area (Å²) in [5.41, 5.74) is 6.01. The number of rotatable bonds is 3. The zero-order valence-corrected chi connectivity index (χ0v) is 13.1. The van der Waals surface area contributed by atoms with E-state index in [0.29, 0.717) is 5.56 Å². The van der Waals surface area contributed by atoms with E-state index in [1.54, 1.807) is 0 Å². The molecule has 1 aromatic heterocycles. The van der Waals surface area contributed by atoms with Crippen molar-refractivity contribution in [3.05, 3.63) is 55.6 Å². The molecular formula is C14H8IN3O4. The predicted octanol–water partition coefficient (Wildman–Crippen LogP) is 3.11. The third-order valence-electron chi connectivity index (χ3n) is 3.04. The number of amides is 1. The van der Waals surface area contributed by atoms with E-state index < -0.39 is 10.8 Å². The average Bonchev–Trinajstić information content (AvgIpc) is 2.90. The summed E-state index contributed by atoms with van der Waals surface area (Å²) in [6, 6.07) is 9.72. The van der Waals surface area contributed by atoms with Crippen LogP contribution in [-0.4, -0.2) is 15.8 Å². The van der Waals surface area contributed by atoms with Gasteiger partial charge in [-0.3, -0.25) is 14.9 Å². The molecule has 0 saturated heterocycles. The van der Waals surface area contributed by atoms with E-state index in [0.717, 1.165) is 9.64 Å². The normalized spacial score (nSPS) is 10.8. The average molecular weight is 409 g/mol. The molecule has 22 heavy (non-hydrogen) atoms. The van der Waals surface area contributed by atoms with Gasteiger partial charge in [0.15, 0.2) is 5.58 Å². The molecule has 3 aromatic rings. The number of hydrogen-bond donors (Lipinski definition) is 1. The fourth-order valence-electron chi connectivity index (χ4n) is 2.02. The molecule has 3 rings (SSSR count). The maximum absolute atomic E-state index is 11.5. The van der Waals surface area contributed by atoms with Gasteiger partial charge >= 0.3 is 0 Å². The lowest BCUT2D eigenvalue weighted by molar-refractivity contribution is -0.384. The molecule has 0 saturated carbocycles. The van der Waals surface area contributed by atoms with Gasteiger partial charge in [0.1, 0.15) is 5.52 Å². The minimum absolute atomic E-state index is 0.0616. The maximum atomic E-state index is 11.5. The SMILES string of the molecule is NC(=O)c1cc([N+](=O)[O-])cc2nc(-c3ccc(I)cc3)oc12. The second kappa shape index (κ2) is 5.37. The van der Waals surface area contributed by atoms with Crippen LogP contribution in [-0.2, 0) is 0 Å². The second-order valence-electron chi connectivity index (χ2n) is 4.49. The first-order valence-corrected chi connectivity index (χ1v) is 7.18. The van der Waals surface area contributed by atoms with Crippen LogP contribution in [0.25, 0.3) is 22.6 Å². The van der Waals surface area contributed by atoms with Crippen LogP contribution in [0.2, 0.25) is 0 Å². The molecule has 2 N–H and O–H groups in total. The molecule has 0 unspecified atom stereocenters. The summed E-state index contributed by atoms with van der Waals surface area (Å²) >= 11 is 2.17. The van der Waals surface area contributed by atoms with E-state index in [9.17, 15) is 14.9 Å². The lowest BCUT2D eigenvalue weighted by Crippen LogP contribution is -2.11. The van der Waals surface area contributed by atoms with Gasteiger partial charge in [0.25, 0.3) is 11.6 Å². The van der Waals surface area contributed by atoms with Crippen LogP contribution in [0.3, 0.4) is 0 Å². The number of non-ortho nitro benzene ring substituents is 1. The Balaban J connectivity index is 2.24. The topological polar surface area (TPSA) is 112 Å². The molecule has 1 amide bonds. The molecule has 0 aliphatic heterocycles. The first-order valence-electron chi connectivity index (χ1n) is 6.10. The first kappa shape index (κ1) is 14.4. The Hall–Kier alpha value is -2.49. The summed E-state index contributed by atoms with van der Waals surface area (Å²) in [7, 11) is 0. The number of hydrogen-bond acceptors (Lipinski definition) is 5. The largest absolute Gasteiger partial charge is 0.435 e. The summed E-state index contributed by atoms with van der Waals surface area (Å²) < 4.78 is 6.63. The van der Waals surface area contributed by atoms with Crippen LogP contribution in [0.5, 0.6) is 0 Å². The zero-order valence-electron chi connectivity index (χ0n) is 10.9. The van der Waals surface area contributed by atoms with Gasteiger partial charge in [-0.25, -0.2) is 4.98 Å². The monoisotopic (exact) mass is 409 g/mol. The van der Waals surface area contributed by atoms with E-state index in [-0.39, 0.29) is 28.2 Å². The molecule has 0 radical (unpaired) electrons. The number of benzene rings is 2. The number of nitro groups is 1. The van der Waals surface area contributed by atoms with Crippen LogP contribution >= 0.6 is 22.6 Å². The van der Waals surface area contributed by atoms with Gasteiger partial charge in [0.2, 0.25) is 5.89 Å². The zero-order chi connectivity index (χ0) is 15.9. The van der Waals surface area contributed by atoms with Gasteiger partial charge in [-0.05, 0) is 46.9 Å². The summed E-state index contributed by atoms with van der Waals surface area (Å²) in [4.78, 5) is 26.0. The number of oxazole rings is 1. The van der Waals surface area contributed by atoms with Gasteiger partial charge in [-0.15, -0.1) is 0 Å². The summed E-state index contributed by atoms with van der Waals surface area (Å²) in [6.07, 6.45) is 0. The number of carbonyl (C=O) groups is 1. The number of nitro benzene ring substituents is 1. The Bertz CT molecular complexity index is 902. The number of nitrogens with zero attached hydrogens (tertiary/aromatic N) is 2. The second-order valence-corrected chi connectivity index (χ2v) is 5.73. The number of aromatic nitrogens is 1. The number of halogens is 1. The van der Waals surface area contributed by atoms with Gasteiger partial charge in [0, 0.05) is 21.3 Å². The van der Waals surface area contributed by atoms with Crippen molar-refractivity contribution in [3.63, 3.8) is 0 Å². The molecule has 7 nitrogen and oxygen atoms in total. The molecule has 1 heterocycles. The van der Waals surface area contributed by atoms with Gasteiger partial charge in [-0.1, -0.05) is 0 Å². The standard InChI is InChI=1S/C14H8IN3O4/c15-8-3-1-7(2-4-8)14-17-11-6-9(18(20)21)5-10(13(16)19)12(11)22-14/h1-6H,(H2,16,19). The van der Waals surface area contributed by atoms with Crippen molar-refractivity contribution in [1.82, 2.24) is 4.98 Å². The highest BCUT2D eigenvalue weighted by Gasteiger charge is 2.20. The maximum Gasteiger partial charge on any atom is 0.272 e. The molecule has 0 aliphatic rings. The summed E-state index contributed by atoms with van der Waals surface area (Å²) in [6.45, 7) is 0. The quantitative estimate of drug-likeness (QED) is 0.406. The fraction of sp³-hybridized carbons (Fsp3) is 0. The molecular weight excluding hydrogens is 401 g/mol. The minimum Gasteiger partial charge on any atom is -0.435 e. The smallest absolute Gasteiger partial charge is 0.272 e. The molecule has 0 bridgehead atoms. The molecule has 0 fully saturated rings. The fourth-order valence-corrected chi connectivity index (χ4v) is 2.38. The Labute approximate surface area is 137 Å². The lowest BCUT2D eigenvalue weighted by atomic mass is 10.1. The van der Waals surface area contributed by atoms with Crippen LogP contribution in [0, 0.1) is 13.7 Å². The highest BCUT2D eigenvalue weighted by atomic mass is 127. The van der Waals surface area contributed by atoms with Gasteiger partial charge in [0.05, 0.1) is 10.5 Å². The Morgan fingerprint density at radius 3 is 2.55 bits per heavy atom. The van der Waals surface area contributed by atoms with Crippen molar-refractivity contribution < 1.29 is 14.1 Å². The molecule has 8 heteroatoms. The third kappa shape index (κ3) is 2.52. The van der Waals surface area contributed by atoms with Crippen molar-refractivity contribution in [2.75, 3.05) is 0 Å². The van der Waals surface area contributed by atoms with Crippen LogP contribution in [0.4, 0.5) is 5.69 Å². The summed E-state index contributed by atoms with van der Waals surface area (Å²) in [5.74, 6) is -0.534. The third-order valence-corrected chi connectivity index (χ3v) is 3.76. The van der Waals surface area contributed by atoms with Crippen molar-refractivity contribution in [1.29, 1.82) is 0 Å². The van der Waals surface area contributed by atoms with Gasteiger partial charge in [-0.2, -0.15) is 0 Å². The first-order chi connectivity index (χ1) is 10.5. The lowest BCUT2D eigenvalue weighted by Gasteiger charge is -1.97. The minimum atomic E-state index is -0.806. The highest BCUT2D eigenvalue weighted by molar-refractivity contribution is 14.1. The van der Waals surface area contributed by atoms with Crippen LogP contribution in [0.15, 0.2) is 40.8 Å². The number of nitrogens with two attached hydrogens (primary N) is 1. The number of fused-ring (bicyclic) bond motifs is 1. The van der Waals surface area contributed by atoms with E-state index in [1.807, 2.05) is 24.3 Å². The van der Waals surface area contributed by atoms with E-state index in [2.05, 4.69) is 27.6 Å². The highest BCUT2D eigenvalue weighted by Crippen LogP contribution is 2.30. The van der Waals surface area contributed by atoms with Crippen molar-refractivity contribution in [2.24, 2.45) is 5.73 Å². The number of primary amides is 1. The molecule has 0 spiro atoms. The Morgan fingerprint density at radius 1 is 1.27 bits per heavy atom. The van der Waals surface area contributed by atoms with Crippen molar-refractivity contribution in [3.8, 4) is 11.5 Å². The van der Waals surface area contributed by atoms with Gasteiger partial charge < -0.3 is 10.2 Å². The number of carbonyl (C=O) groups excluding carboxylic acids is 1. The van der Waals surface area contributed by atoms with E-state index in [1.165, 1.54) is 6.07 Å².